The lowest BCUT2D eigenvalue weighted by Crippen LogP contribution is -2.51. The monoisotopic (exact) mass is 276 g/mol. The summed E-state index contributed by atoms with van der Waals surface area (Å²) in [6, 6.07) is 6.94. The molecule has 0 unspecified atom stereocenters. The van der Waals surface area contributed by atoms with Gasteiger partial charge in [-0.1, -0.05) is 31.2 Å². The van der Waals surface area contributed by atoms with E-state index in [2.05, 4.69) is 5.32 Å². The summed E-state index contributed by atoms with van der Waals surface area (Å²) in [5.74, 6) is -1.09. The van der Waals surface area contributed by atoms with Crippen molar-refractivity contribution < 1.29 is 14.7 Å². The Morgan fingerprint density at radius 2 is 2.05 bits per heavy atom. The summed E-state index contributed by atoms with van der Waals surface area (Å²) in [6.07, 6.45) is 1.32. The molecule has 2 N–H and O–H groups in total. The van der Waals surface area contributed by atoms with Crippen LogP contribution in [0.4, 0.5) is 0 Å². The van der Waals surface area contributed by atoms with Crippen molar-refractivity contribution in [2.24, 2.45) is 0 Å². The number of hydrogen-bond donors (Lipinski definition) is 2. The van der Waals surface area contributed by atoms with Crippen LogP contribution in [0.25, 0.3) is 0 Å². The number of carboxylic acid groups (broad SMARTS) is 1. The molecule has 0 bridgehead atoms. The minimum absolute atomic E-state index is 0.152. The highest BCUT2D eigenvalue weighted by Crippen LogP contribution is 2.23. The number of carbonyl (C=O) groups is 2. The largest absolute Gasteiger partial charge is 0.480 e. The predicted octanol–water partition coefficient (Wildman–Crippen LogP) is 1.02. The van der Waals surface area contributed by atoms with Gasteiger partial charge < -0.3 is 15.3 Å². The Labute approximate surface area is 118 Å². The maximum atomic E-state index is 12.2. The molecule has 5 heteroatoms. The van der Waals surface area contributed by atoms with Gasteiger partial charge in [-0.3, -0.25) is 4.79 Å². The van der Waals surface area contributed by atoms with Gasteiger partial charge in [0.05, 0.1) is 6.54 Å². The van der Waals surface area contributed by atoms with E-state index < -0.39 is 12.0 Å². The zero-order valence-electron chi connectivity index (χ0n) is 11.6. The van der Waals surface area contributed by atoms with Gasteiger partial charge in [0.1, 0.15) is 6.04 Å². The standard InChI is InChI=1S/C15H20N2O3/c1-2-7-16-9-14(18)17-10-12-6-4-3-5-11(12)8-13(17)15(19)20/h3-6,13,16H,2,7-10H2,1H3,(H,19,20)/t13-/m1/s1. The number of fused-ring (bicyclic) bond motifs is 1. The van der Waals surface area contributed by atoms with E-state index in [9.17, 15) is 14.7 Å². The molecule has 1 heterocycles. The van der Waals surface area contributed by atoms with Crippen molar-refractivity contribution in [2.75, 3.05) is 13.1 Å². The maximum absolute atomic E-state index is 12.2. The summed E-state index contributed by atoms with van der Waals surface area (Å²) in [5.41, 5.74) is 2.05. The number of nitrogens with one attached hydrogen (secondary N) is 1. The summed E-state index contributed by atoms with van der Waals surface area (Å²) in [4.78, 5) is 25.1. The molecule has 0 radical (unpaired) electrons. The van der Waals surface area contributed by atoms with E-state index in [0.717, 1.165) is 24.1 Å². The van der Waals surface area contributed by atoms with Crippen molar-refractivity contribution in [3.05, 3.63) is 35.4 Å². The fourth-order valence-corrected chi connectivity index (χ4v) is 2.48. The lowest BCUT2D eigenvalue weighted by atomic mass is 9.94. The summed E-state index contributed by atoms with van der Waals surface area (Å²) >= 11 is 0. The third kappa shape index (κ3) is 3.17. The first-order valence-corrected chi connectivity index (χ1v) is 6.93. The molecule has 1 atom stereocenters. The van der Waals surface area contributed by atoms with Crippen molar-refractivity contribution >= 4 is 11.9 Å². The van der Waals surface area contributed by atoms with Gasteiger partial charge in [0, 0.05) is 13.0 Å². The first-order valence-electron chi connectivity index (χ1n) is 6.93. The first-order chi connectivity index (χ1) is 9.63. The highest BCUT2D eigenvalue weighted by Gasteiger charge is 2.33. The van der Waals surface area contributed by atoms with Crippen LogP contribution in [0.3, 0.4) is 0 Å². The number of hydrogen-bond acceptors (Lipinski definition) is 3. The fraction of sp³-hybridized carbons (Fsp3) is 0.467. The molecule has 0 aromatic heterocycles. The number of aliphatic carboxylic acids is 1. The smallest absolute Gasteiger partial charge is 0.326 e. The van der Waals surface area contributed by atoms with E-state index in [1.165, 1.54) is 4.90 Å². The highest BCUT2D eigenvalue weighted by atomic mass is 16.4. The van der Waals surface area contributed by atoms with Crippen LogP contribution in [-0.2, 0) is 22.6 Å². The SMILES string of the molecule is CCCNCC(=O)N1Cc2ccccc2C[C@@H]1C(=O)O. The highest BCUT2D eigenvalue weighted by molar-refractivity contribution is 5.85. The Kier molecular flexibility index (Phi) is 4.74. The second kappa shape index (κ2) is 6.52. The Morgan fingerprint density at radius 3 is 2.70 bits per heavy atom. The normalized spacial score (nSPS) is 17.6. The number of amides is 1. The third-order valence-corrected chi connectivity index (χ3v) is 3.56. The van der Waals surface area contributed by atoms with Crippen LogP contribution in [0, 0.1) is 0 Å². The lowest BCUT2D eigenvalue weighted by Gasteiger charge is -2.34. The van der Waals surface area contributed by atoms with Crippen molar-refractivity contribution in [1.82, 2.24) is 10.2 Å². The molecular weight excluding hydrogens is 256 g/mol. The summed E-state index contributed by atoms with van der Waals surface area (Å²) in [5, 5.41) is 12.4. The minimum Gasteiger partial charge on any atom is -0.480 e. The van der Waals surface area contributed by atoms with Crippen LogP contribution < -0.4 is 5.32 Å². The second-order valence-electron chi connectivity index (χ2n) is 5.03. The molecule has 5 nitrogen and oxygen atoms in total. The molecule has 0 aliphatic carbocycles. The molecule has 1 aromatic carbocycles. The van der Waals surface area contributed by atoms with Gasteiger partial charge in [0.25, 0.3) is 0 Å². The predicted molar refractivity (Wildman–Crippen MR) is 75.3 cm³/mol. The number of carbonyl (C=O) groups excluding carboxylic acids is 1. The van der Waals surface area contributed by atoms with Gasteiger partial charge in [-0.2, -0.15) is 0 Å². The van der Waals surface area contributed by atoms with Gasteiger partial charge in [0.15, 0.2) is 0 Å². The summed E-state index contributed by atoms with van der Waals surface area (Å²) in [6.45, 7) is 3.35. The molecule has 0 fully saturated rings. The second-order valence-corrected chi connectivity index (χ2v) is 5.03. The van der Waals surface area contributed by atoms with E-state index in [1.54, 1.807) is 0 Å². The zero-order chi connectivity index (χ0) is 14.5. The van der Waals surface area contributed by atoms with Crippen LogP contribution in [-0.4, -0.2) is 41.0 Å². The van der Waals surface area contributed by atoms with E-state index in [0.29, 0.717) is 13.0 Å². The molecule has 2 rings (SSSR count). The Hall–Kier alpha value is -1.88. The maximum Gasteiger partial charge on any atom is 0.326 e. The number of benzene rings is 1. The van der Waals surface area contributed by atoms with Crippen LogP contribution in [0.5, 0.6) is 0 Å². The third-order valence-electron chi connectivity index (χ3n) is 3.56. The van der Waals surface area contributed by atoms with Crippen LogP contribution in [0.1, 0.15) is 24.5 Å². The Morgan fingerprint density at radius 1 is 1.35 bits per heavy atom. The van der Waals surface area contributed by atoms with Gasteiger partial charge in [-0.05, 0) is 24.1 Å². The summed E-state index contributed by atoms with van der Waals surface area (Å²) < 4.78 is 0. The summed E-state index contributed by atoms with van der Waals surface area (Å²) in [7, 11) is 0. The Bertz CT molecular complexity index is 502. The minimum atomic E-state index is -0.941. The number of rotatable bonds is 5. The molecular formula is C15H20N2O3. The van der Waals surface area contributed by atoms with Crippen molar-refractivity contribution in [1.29, 1.82) is 0 Å². The van der Waals surface area contributed by atoms with Crippen LogP contribution >= 0.6 is 0 Å². The molecule has 108 valence electrons. The van der Waals surface area contributed by atoms with Gasteiger partial charge in [-0.25, -0.2) is 4.79 Å². The molecule has 1 aliphatic rings. The molecule has 20 heavy (non-hydrogen) atoms. The molecule has 1 aliphatic heterocycles. The van der Waals surface area contributed by atoms with Crippen molar-refractivity contribution in [2.45, 2.75) is 32.4 Å². The zero-order valence-corrected chi connectivity index (χ0v) is 11.6. The van der Waals surface area contributed by atoms with Gasteiger partial charge >= 0.3 is 5.97 Å². The van der Waals surface area contributed by atoms with Crippen LogP contribution in [0.2, 0.25) is 0 Å². The molecule has 0 saturated heterocycles. The first kappa shape index (κ1) is 14.5. The molecule has 0 spiro atoms. The van der Waals surface area contributed by atoms with Crippen LogP contribution in [0.15, 0.2) is 24.3 Å². The van der Waals surface area contributed by atoms with Gasteiger partial charge in [0.2, 0.25) is 5.91 Å². The topological polar surface area (TPSA) is 69.6 Å². The van der Waals surface area contributed by atoms with E-state index >= 15 is 0 Å². The van der Waals surface area contributed by atoms with Crippen molar-refractivity contribution in [3.63, 3.8) is 0 Å². The van der Waals surface area contributed by atoms with E-state index in [-0.39, 0.29) is 12.5 Å². The van der Waals surface area contributed by atoms with Gasteiger partial charge in [-0.15, -0.1) is 0 Å². The van der Waals surface area contributed by atoms with E-state index in [4.69, 9.17) is 0 Å². The molecule has 0 saturated carbocycles. The average Bonchev–Trinajstić information content (AvgIpc) is 2.46. The molecule has 1 amide bonds. The lowest BCUT2D eigenvalue weighted by molar-refractivity contribution is -0.151. The fourth-order valence-electron chi connectivity index (χ4n) is 2.48. The Balaban J connectivity index is 2.13. The van der Waals surface area contributed by atoms with Crippen molar-refractivity contribution in [3.8, 4) is 0 Å². The average molecular weight is 276 g/mol. The number of nitrogens with zero attached hydrogens (tertiary/aromatic N) is 1. The van der Waals surface area contributed by atoms with E-state index in [1.807, 2.05) is 31.2 Å². The quantitative estimate of drug-likeness (QED) is 0.788. The molecule has 1 aromatic rings. The number of carboxylic acids is 1.